The van der Waals surface area contributed by atoms with E-state index in [0.717, 1.165) is 54.5 Å². The minimum Gasteiger partial charge on any atom is -0.317 e. The SMILES string of the molecule is Cc1ccc2cc(C(=O)C3CC34CCNCC4)ccc2n1. The van der Waals surface area contributed by atoms with Gasteiger partial charge >= 0.3 is 0 Å². The van der Waals surface area contributed by atoms with Gasteiger partial charge in [0.15, 0.2) is 5.78 Å². The van der Waals surface area contributed by atoms with Gasteiger partial charge in [0.25, 0.3) is 0 Å². The van der Waals surface area contributed by atoms with Crippen molar-refractivity contribution < 1.29 is 4.79 Å². The van der Waals surface area contributed by atoms with Crippen LogP contribution >= 0.6 is 0 Å². The summed E-state index contributed by atoms with van der Waals surface area (Å²) in [5.41, 5.74) is 3.15. The standard InChI is InChI=1S/C18H20N2O/c1-12-2-3-13-10-14(4-5-16(13)20-12)17(21)15-11-18(15)6-8-19-9-7-18/h2-5,10,15,19H,6-9,11H2,1H3. The van der Waals surface area contributed by atoms with Crippen molar-refractivity contribution in [3.05, 3.63) is 41.6 Å². The number of nitrogens with one attached hydrogen (secondary N) is 1. The Balaban J connectivity index is 1.62. The zero-order valence-corrected chi connectivity index (χ0v) is 12.4. The van der Waals surface area contributed by atoms with Gasteiger partial charge < -0.3 is 5.32 Å². The molecule has 0 bridgehead atoms. The molecule has 108 valence electrons. The molecule has 1 saturated heterocycles. The summed E-state index contributed by atoms with van der Waals surface area (Å²) < 4.78 is 0. The van der Waals surface area contributed by atoms with Crippen LogP contribution in [-0.4, -0.2) is 23.9 Å². The molecule has 1 spiro atoms. The molecule has 1 aliphatic carbocycles. The number of aromatic nitrogens is 1. The summed E-state index contributed by atoms with van der Waals surface area (Å²) in [5, 5.41) is 4.45. The Morgan fingerprint density at radius 2 is 2.05 bits per heavy atom. The van der Waals surface area contributed by atoms with E-state index in [1.807, 2.05) is 31.2 Å². The lowest BCUT2D eigenvalue weighted by atomic mass is 9.89. The Kier molecular flexibility index (Phi) is 2.86. The highest BCUT2D eigenvalue weighted by molar-refractivity contribution is 6.02. The Labute approximate surface area is 124 Å². The number of rotatable bonds is 2. The largest absolute Gasteiger partial charge is 0.317 e. The van der Waals surface area contributed by atoms with Gasteiger partial charge in [-0.05, 0) is 69.0 Å². The second kappa shape index (κ2) is 4.63. The minimum absolute atomic E-state index is 0.246. The van der Waals surface area contributed by atoms with Crippen molar-refractivity contribution >= 4 is 16.7 Å². The summed E-state index contributed by atoms with van der Waals surface area (Å²) in [6, 6.07) is 10.00. The lowest BCUT2D eigenvalue weighted by Gasteiger charge is -2.23. The molecule has 3 heteroatoms. The van der Waals surface area contributed by atoms with Crippen LogP contribution < -0.4 is 5.32 Å². The van der Waals surface area contributed by atoms with Crippen molar-refractivity contribution in [1.29, 1.82) is 0 Å². The molecule has 1 unspecified atom stereocenters. The number of piperidine rings is 1. The van der Waals surface area contributed by atoms with E-state index >= 15 is 0 Å². The fraction of sp³-hybridized carbons (Fsp3) is 0.444. The third-order valence-electron chi connectivity index (χ3n) is 5.22. The van der Waals surface area contributed by atoms with E-state index in [9.17, 15) is 4.79 Å². The molecule has 2 fully saturated rings. The number of carbonyl (C=O) groups excluding carboxylic acids is 1. The molecule has 2 heterocycles. The van der Waals surface area contributed by atoms with Crippen LogP contribution in [0.2, 0.25) is 0 Å². The minimum atomic E-state index is 0.246. The molecule has 1 aromatic carbocycles. The molecule has 1 aliphatic heterocycles. The van der Waals surface area contributed by atoms with Gasteiger partial charge in [-0.25, -0.2) is 0 Å². The first-order valence-electron chi connectivity index (χ1n) is 7.80. The quantitative estimate of drug-likeness (QED) is 0.859. The van der Waals surface area contributed by atoms with Gasteiger partial charge in [-0.3, -0.25) is 9.78 Å². The number of pyridine rings is 1. The Bertz CT molecular complexity index is 716. The van der Waals surface area contributed by atoms with Crippen molar-refractivity contribution in [2.24, 2.45) is 11.3 Å². The van der Waals surface area contributed by atoms with Crippen LogP contribution in [-0.2, 0) is 0 Å². The summed E-state index contributed by atoms with van der Waals surface area (Å²) in [7, 11) is 0. The van der Waals surface area contributed by atoms with Crippen molar-refractivity contribution in [2.45, 2.75) is 26.2 Å². The Morgan fingerprint density at radius 3 is 2.86 bits per heavy atom. The third-order valence-corrected chi connectivity index (χ3v) is 5.22. The maximum Gasteiger partial charge on any atom is 0.166 e. The van der Waals surface area contributed by atoms with Gasteiger partial charge in [-0.2, -0.15) is 0 Å². The molecule has 1 aromatic heterocycles. The van der Waals surface area contributed by atoms with Crippen molar-refractivity contribution in [3.63, 3.8) is 0 Å². The number of hydrogen-bond donors (Lipinski definition) is 1. The first-order chi connectivity index (χ1) is 10.2. The molecular formula is C18H20N2O. The molecule has 1 N–H and O–H groups in total. The summed E-state index contributed by atoms with van der Waals surface area (Å²) in [5.74, 6) is 0.579. The van der Waals surface area contributed by atoms with Gasteiger partial charge in [-0.15, -0.1) is 0 Å². The Hall–Kier alpha value is -1.74. The molecule has 1 saturated carbocycles. The predicted molar refractivity (Wildman–Crippen MR) is 83.5 cm³/mol. The lowest BCUT2D eigenvalue weighted by Crippen LogP contribution is -2.30. The molecular weight excluding hydrogens is 260 g/mol. The zero-order chi connectivity index (χ0) is 14.4. The van der Waals surface area contributed by atoms with Crippen LogP contribution in [0.25, 0.3) is 10.9 Å². The maximum absolute atomic E-state index is 12.8. The second-order valence-electron chi connectivity index (χ2n) is 6.59. The van der Waals surface area contributed by atoms with Crippen molar-refractivity contribution in [3.8, 4) is 0 Å². The van der Waals surface area contributed by atoms with E-state index in [1.165, 1.54) is 0 Å². The average Bonchev–Trinajstić information content (AvgIpc) is 3.20. The fourth-order valence-electron chi connectivity index (χ4n) is 3.78. The highest BCUT2D eigenvalue weighted by Crippen LogP contribution is 2.59. The number of fused-ring (bicyclic) bond motifs is 1. The number of benzene rings is 1. The monoisotopic (exact) mass is 280 g/mol. The normalized spacial score (nSPS) is 23.4. The third kappa shape index (κ3) is 2.16. The fourth-order valence-corrected chi connectivity index (χ4v) is 3.78. The molecule has 4 rings (SSSR count). The van der Waals surface area contributed by atoms with E-state index < -0.39 is 0 Å². The van der Waals surface area contributed by atoms with E-state index in [0.29, 0.717) is 11.2 Å². The number of aryl methyl sites for hydroxylation is 1. The second-order valence-corrected chi connectivity index (χ2v) is 6.59. The van der Waals surface area contributed by atoms with E-state index in [4.69, 9.17) is 0 Å². The average molecular weight is 280 g/mol. The van der Waals surface area contributed by atoms with E-state index in [1.54, 1.807) is 0 Å². The highest BCUT2D eigenvalue weighted by Gasteiger charge is 2.57. The molecule has 0 amide bonds. The summed E-state index contributed by atoms with van der Waals surface area (Å²) in [6.07, 6.45) is 3.38. The first-order valence-corrected chi connectivity index (χ1v) is 7.80. The summed E-state index contributed by atoms with van der Waals surface area (Å²) in [4.78, 5) is 17.3. The number of Topliss-reactive ketones (excluding diaryl/α,β-unsaturated/α-hetero) is 1. The number of carbonyl (C=O) groups is 1. The van der Waals surface area contributed by atoms with Crippen LogP contribution in [0.3, 0.4) is 0 Å². The topological polar surface area (TPSA) is 42.0 Å². The predicted octanol–water partition coefficient (Wildman–Crippen LogP) is 3.12. The number of nitrogens with zero attached hydrogens (tertiary/aromatic N) is 1. The highest BCUT2D eigenvalue weighted by atomic mass is 16.1. The molecule has 2 aliphatic rings. The summed E-state index contributed by atoms with van der Waals surface area (Å²) >= 11 is 0. The Morgan fingerprint density at radius 1 is 1.24 bits per heavy atom. The molecule has 1 atom stereocenters. The summed E-state index contributed by atoms with van der Waals surface area (Å²) in [6.45, 7) is 4.11. The van der Waals surface area contributed by atoms with Crippen LogP contribution in [0.5, 0.6) is 0 Å². The van der Waals surface area contributed by atoms with Crippen molar-refractivity contribution in [2.75, 3.05) is 13.1 Å². The molecule has 2 aromatic rings. The van der Waals surface area contributed by atoms with Gasteiger partial charge in [0, 0.05) is 22.6 Å². The van der Waals surface area contributed by atoms with Gasteiger partial charge in [0.05, 0.1) is 5.52 Å². The van der Waals surface area contributed by atoms with Crippen molar-refractivity contribution in [1.82, 2.24) is 10.3 Å². The smallest absolute Gasteiger partial charge is 0.166 e. The molecule has 0 radical (unpaired) electrons. The van der Waals surface area contributed by atoms with Crippen LogP contribution in [0.15, 0.2) is 30.3 Å². The van der Waals surface area contributed by atoms with Crippen LogP contribution in [0, 0.1) is 18.3 Å². The lowest BCUT2D eigenvalue weighted by molar-refractivity contribution is 0.0941. The van der Waals surface area contributed by atoms with Gasteiger partial charge in [0.1, 0.15) is 0 Å². The van der Waals surface area contributed by atoms with Gasteiger partial charge in [0.2, 0.25) is 0 Å². The zero-order valence-electron chi connectivity index (χ0n) is 12.4. The number of ketones is 1. The van der Waals surface area contributed by atoms with Crippen LogP contribution in [0.1, 0.15) is 35.3 Å². The van der Waals surface area contributed by atoms with E-state index in [2.05, 4.69) is 16.4 Å². The molecule has 3 nitrogen and oxygen atoms in total. The molecule has 21 heavy (non-hydrogen) atoms. The first kappa shape index (κ1) is 13.0. The maximum atomic E-state index is 12.8. The number of hydrogen-bond acceptors (Lipinski definition) is 3. The van der Waals surface area contributed by atoms with Crippen LogP contribution in [0.4, 0.5) is 0 Å². The van der Waals surface area contributed by atoms with E-state index in [-0.39, 0.29) is 5.92 Å². The van der Waals surface area contributed by atoms with Gasteiger partial charge in [-0.1, -0.05) is 6.07 Å².